The third-order valence-electron chi connectivity index (χ3n) is 6.51. The molecule has 6 rings (SSSR count). The molecule has 0 saturated heterocycles. The summed E-state index contributed by atoms with van der Waals surface area (Å²) in [6.45, 7) is 1.19. The summed E-state index contributed by atoms with van der Waals surface area (Å²) in [4.78, 5) is 15.3. The third-order valence-corrected chi connectivity index (χ3v) is 6.51. The lowest BCUT2D eigenvalue weighted by Crippen LogP contribution is -2.35. The van der Waals surface area contributed by atoms with Crippen LogP contribution in [0.5, 0.6) is 17.2 Å². The Hall–Kier alpha value is -4.38. The summed E-state index contributed by atoms with van der Waals surface area (Å²) >= 11 is 0. The van der Waals surface area contributed by atoms with Crippen LogP contribution in [0, 0.1) is 0 Å². The Morgan fingerprint density at radius 1 is 1.22 bits per heavy atom. The van der Waals surface area contributed by atoms with E-state index in [0.29, 0.717) is 40.1 Å². The minimum atomic E-state index is -0.340. The van der Waals surface area contributed by atoms with Crippen LogP contribution in [0.1, 0.15) is 39.1 Å². The van der Waals surface area contributed by atoms with Gasteiger partial charge < -0.3 is 23.9 Å². The van der Waals surface area contributed by atoms with Gasteiger partial charge in [0.05, 0.1) is 31.2 Å². The Morgan fingerprint density at radius 3 is 2.94 bits per heavy atom. The molecule has 11 nitrogen and oxygen atoms in total. The minimum Gasteiger partial charge on any atom is -0.492 e. The van der Waals surface area contributed by atoms with E-state index in [-0.39, 0.29) is 25.3 Å². The molecule has 1 amide bonds. The van der Waals surface area contributed by atoms with Crippen molar-refractivity contribution >= 4 is 5.91 Å². The first-order valence-electron chi connectivity index (χ1n) is 11.5. The van der Waals surface area contributed by atoms with Crippen molar-refractivity contribution < 1.29 is 23.4 Å². The molecule has 1 N–H and O–H groups in total. The summed E-state index contributed by atoms with van der Waals surface area (Å²) in [5.41, 5.74) is 3.01. The van der Waals surface area contributed by atoms with Gasteiger partial charge in [-0.25, -0.2) is 0 Å². The Morgan fingerprint density at radius 2 is 2.11 bits per heavy atom. The summed E-state index contributed by atoms with van der Waals surface area (Å²) in [5, 5.41) is 15.6. The molecule has 2 aromatic heterocycles. The molecule has 4 heterocycles. The molecule has 0 aliphatic carbocycles. The smallest absolute Gasteiger partial charge is 0.253 e. The molecule has 1 atom stereocenters. The van der Waals surface area contributed by atoms with Gasteiger partial charge in [-0.2, -0.15) is 4.68 Å². The van der Waals surface area contributed by atoms with Crippen molar-refractivity contribution in [3.8, 4) is 22.9 Å². The first kappa shape index (κ1) is 22.1. The van der Waals surface area contributed by atoms with Gasteiger partial charge in [-0.3, -0.25) is 9.69 Å². The molecule has 11 heteroatoms. The van der Waals surface area contributed by atoms with Gasteiger partial charge >= 0.3 is 0 Å². The van der Waals surface area contributed by atoms with Crippen LogP contribution in [0.3, 0.4) is 0 Å². The van der Waals surface area contributed by atoms with Gasteiger partial charge in [-0.15, -0.1) is 5.10 Å². The zero-order chi connectivity index (χ0) is 24.6. The summed E-state index contributed by atoms with van der Waals surface area (Å²) in [6.07, 6.45) is 2.38. The quantitative estimate of drug-likeness (QED) is 0.437. The number of aromatic nitrogens is 4. The Labute approximate surface area is 206 Å². The van der Waals surface area contributed by atoms with Gasteiger partial charge in [-0.05, 0) is 59.8 Å². The molecule has 0 radical (unpaired) electrons. The van der Waals surface area contributed by atoms with Crippen LogP contribution >= 0.6 is 0 Å². The number of hydrogen-bond acceptors (Lipinski definition) is 9. The lowest BCUT2D eigenvalue weighted by atomic mass is 9.90. The number of amides is 1. The molecule has 0 fully saturated rings. The van der Waals surface area contributed by atoms with Crippen molar-refractivity contribution in [3.05, 3.63) is 77.0 Å². The number of fused-ring (bicyclic) bond motifs is 2. The highest BCUT2D eigenvalue weighted by Gasteiger charge is 2.38. The fourth-order valence-electron chi connectivity index (χ4n) is 4.82. The van der Waals surface area contributed by atoms with E-state index in [4.69, 9.17) is 18.6 Å². The van der Waals surface area contributed by atoms with Crippen LogP contribution in [0.2, 0.25) is 0 Å². The number of benzene rings is 2. The van der Waals surface area contributed by atoms with Crippen LogP contribution in [0.4, 0.5) is 0 Å². The van der Waals surface area contributed by atoms with Crippen molar-refractivity contribution in [2.45, 2.75) is 19.0 Å². The Bertz CT molecular complexity index is 1420. The first-order valence-corrected chi connectivity index (χ1v) is 11.5. The van der Waals surface area contributed by atoms with Crippen LogP contribution in [-0.4, -0.2) is 58.5 Å². The van der Waals surface area contributed by atoms with Gasteiger partial charge in [0, 0.05) is 12.1 Å². The molecular formula is C25H24N6O5. The zero-order valence-electron chi connectivity index (χ0n) is 19.8. The number of furan rings is 1. The molecule has 2 aromatic carbocycles. The van der Waals surface area contributed by atoms with Crippen molar-refractivity contribution in [1.82, 2.24) is 30.4 Å². The van der Waals surface area contributed by atoms with E-state index in [2.05, 4.69) is 25.7 Å². The number of rotatable bonds is 6. The molecular weight excluding hydrogens is 464 g/mol. The predicted molar refractivity (Wildman–Crippen MR) is 126 cm³/mol. The number of ether oxygens (including phenoxy) is 3. The molecule has 36 heavy (non-hydrogen) atoms. The van der Waals surface area contributed by atoms with Gasteiger partial charge in [0.25, 0.3) is 5.91 Å². The summed E-state index contributed by atoms with van der Waals surface area (Å²) in [5.74, 6) is 2.81. The summed E-state index contributed by atoms with van der Waals surface area (Å²) in [7, 11) is 3.63. The van der Waals surface area contributed by atoms with Crippen molar-refractivity contribution in [1.29, 1.82) is 0 Å². The van der Waals surface area contributed by atoms with E-state index in [1.165, 1.54) is 0 Å². The Kier molecular flexibility index (Phi) is 5.53. The highest BCUT2D eigenvalue weighted by Crippen LogP contribution is 2.50. The second-order valence-corrected chi connectivity index (χ2v) is 8.58. The van der Waals surface area contributed by atoms with Crippen LogP contribution in [0.25, 0.3) is 5.69 Å². The number of tetrazole rings is 1. The standard InChI is InChI=1S/C25H24N6O5/c1-30-10-9-15-12-19-22(36-14-35-19)23(33-2)20(15)21(30)24-27-28-29-31(24)18-8-4-3-7-17(18)25(32)26-13-16-6-5-11-34-16/h3-8,11-12,21H,9-10,13-14H2,1-2H3,(H,26,32)/t21-/m0/s1. The molecule has 0 bridgehead atoms. The van der Waals surface area contributed by atoms with Crippen molar-refractivity contribution in [3.63, 3.8) is 0 Å². The van der Waals surface area contributed by atoms with Gasteiger partial charge in [0.1, 0.15) is 11.8 Å². The number of methoxy groups -OCH3 is 1. The van der Waals surface area contributed by atoms with Crippen molar-refractivity contribution in [2.75, 3.05) is 27.5 Å². The molecule has 2 aliphatic heterocycles. The molecule has 4 aromatic rings. The van der Waals surface area contributed by atoms with E-state index >= 15 is 0 Å². The number of likely N-dealkylation sites (N-methyl/N-ethyl adjacent to an activating group) is 1. The van der Waals surface area contributed by atoms with Gasteiger partial charge in [-0.1, -0.05) is 12.1 Å². The normalized spacial score (nSPS) is 16.6. The third kappa shape index (κ3) is 3.64. The van der Waals surface area contributed by atoms with Gasteiger partial charge in [0.2, 0.25) is 12.5 Å². The highest BCUT2D eigenvalue weighted by molar-refractivity contribution is 5.97. The maximum Gasteiger partial charge on any atom is 0.253 e. The van der Waals surface area contributed by atoms with E-state index in [1.54, 1.807) is 42.3 Å². The average molecular weight is 489 g/mol. The molecule has 0 saturated carbocycles. The number of carbonyl (C=O) groups excluding carboxylic acids is 1. The fraction of sp³-hybridized carbons (Fsp3) is 0.280. The van der Waals surface area contributed by atoms with E-state index < -0.39 is 0 Å². The SMILES string of the molecule is COc1c2c(cc3c1[C@@H](c1nnnn1-c1ccccc1C(=O)NCc1ccco1)N(C)CC3)OCO2. The topological polar surface area (TPSA) is 117 Å². The number of hydrogen-bond donors (Lipinski definition) is 1. The fourth-order valence-corrected chi connectivity index (χ4v) is 4.82. The van der Waals surface area contributed by atoms with E-state index in [0.717, 1.165) is 24.1 Å². The summed E-state index contributed by atoms with van der Waals surface area (Å²) < 4.78 is 24.1. The zero-order valence-corrected chi connectivity index (χ0v) is 19.8. The molecule has 2 aliphatic rings. The number of nitrogens with zero attached hydrogens (tertiary/aromatic N) is 5. The number of para-hydroxylation sites is 1. The highest BCUT2D eigenvalue weighted by atomic mass is 16.7. The maximum absolute atomic E-state index is 13.1. The molecule has 0 unspecified atom stereocenters. The van der Waals surface area contributed by atoms with Gasteiger partial charge in [0.15, 0.2) is 17.3 Å². The van der Waals surface area contributed by atoms with E-state index in [1.807, 2.05) is 25.2 Å². The molecule has 0 spiro atoms. The summed E-state index contributed by atoms with van der Waals surface area (Å²) in [6, 6.07) is 12.5. The average Bonchev–Trinajstić information content (AvgIpc) is 3.68. The predicted octanol–water partition coefficient (Wildman–Crippen LogP) is 2.50. The second-order valence-electron chi connectivity index (χ2n) is 8.58. The largest absolute Gasteiger partial charge is 0.492 e. The lowest BCUT2D eigenvalue weighted by Gasteiger charge is -2.34. The number of nitrogens with one attached hydrogen (secondary N) is 1. The lowest BCUT2D eigenvalue weighted by molar-refractivity contribution is 0.0947. The monoisotopic (exact) mass is 488 g/mol. The Balaban J connectivity index is 1.42. The number of carbonyl (C=O) groups is 1. The second kappa shape index (κ2) is 9.00. The van der Waals surface area contributed by atoms with Crippen molar-refractivity contribution in [2.24, 2.45) is 0 Å². The maximum atomic E-state index is 13.1. The molecule has 184 valence electrons. The van der Waals surface area contributed by atoms with Crippen LogP contribution in [-0.2, 0) is 13.0 Å². The minimum absolute atomic E-state index is 0.146. The van der Waals surface area contributed by atoms with Crippen LogP contribution in [0.15, 0.2) is 53.1 Å². The van der Waals surface area contributed by atoms with E-state index in [9.17, 15) is 4.79 Å². The van der Waals surface area contributed by atoms with Crippen LogP contribution < -0.4 is 19.5 Å². The first-order chi connectivity index (χ1) is 17.7.